The number of anilines is 2. The van der Waals surface area contributed by atoms with Crippen LogP contribution in [0.1, 0.15) is 10.5 Å². The Kier molecular flexibility index (Phi) is 2.60. The van der Waals surface area contributed by atoms with E-state index in [0.29, 0.717) is 28.1 Å². The summed E-state index contributed by atoms with van der Waals surface area (Å²) in [7, 11) is 0. The SMILES string of the molecule is Nc1ccnc2cc(C(=O)Nc3cccnc3)[nH]c12. The second-order valence-corrected chi connectivity index (χ2v) is 4.04. The first-order chi connectivity index (χ1) is 9.24. The maximum absolute atomic E-state index is 12.1. The zero-order valence-electron chi connectivity index (χ0n) is 9.92. The largest absolute Gasteiger partial charge is 0.397 e. The number of nitrogens with one attached hydrogen (secondary N) is 2. The number of nitrogens with two attached hydrogens (primary N) is 1. The molecule has 0 saturated heterocycles. The van der Waals surface area contributed by atoms with E-state index in [9.17, 15) is 4.79 Å². The quantitative estimate of drug-likeness (QED) is 0.648. The number of hydrogen-bond donors (Lipinski definition) is 3. The molecule has 3 aromatic rings. The van der Waals surface area contributed by atoms with Crippen LogP contribution in [0.5, 0.6) is 0 Å². The Morgan fingerprint density at radius 2 is 2.21 bits per heavy atom. The molecule has 0 unspecified atom stereocenters. The van der Waals surface area contributed by atoms with E-state index in [4.69, 9.17) is 5.73 Å². The molecule has 94 valence electrons. The Labute approximate surface area is 108 Å². The van der Waals surface area contributed by atoms with Gasteiger partial charge in [0.1, 0.15) is 5.69 Å². The van der Waals surface area contributed by atoms with Crippen molar-refractivity contribution in [3.63, 3.8) is 0 Å². The van der Waals surface area contributed by atoms with Crippen LogP contribution in [-0.2, 0) is 0 Å². The monoisotopic (exact) mass is 253 g/mol. The van der Waals surface area contributed by atoms with Crippen LogP contribution in [0.25, 0.3) is 11.0 Å². The van der Waals surface area contributed by atoms with Crippen molar-refractivity contribution in [3.8, 4) is 0 Å². The molecule has 0 saturated carbocycles. The Hall–Kier alpha value is -2.89. The molecule has 6 nitrogen and oxygen atoms in total. The number of nitrogen functional groups attached to an aromatic ring is 1. The minimum absolute atomic E-state index is 0.259. The van der Waals surface area contributed by atoms with Gasteiger partial charge < -0.3 is 16.0 Å². The van der Waals surface area contributed by atoms with Crippen LogP contribution >= 0.6 is 0 Å². The number of carbonyl (C=O) groups is 1. The van der Waals surface area contributed by atoms with Gasteiger partial charge in [-0.2, -0.15) is 0 Å². The fourth-order valence-corrected chi connectivity index (χ4v) is 1.80. The van der Waals surface area contributed by atoms with Crippen LogP contribution in [0.3, 0.4) is 0 Å². The maximum Gasteiger partial charge on any atom is 0.272 e. The second kappa shape index (κ2) is 4.41. The molecule has 4 N–H and O–H groups in total. The third kappa shape index (κ3) is 2.11. The predicted molar refractivity (Wildman–Crippen MR) is 72.7 cm³/mol. The molecule has 19 heavy (non-hydrogen) atoms. The summed E-state index contributed by atoms with van der Waals surface area (Å²) in [4.78, 5) is 23.1. The lowest BCUT2D eigenvalue weighted by molar-refractivity contribution is 0.102. The van der Waals surface area contributed by atoms with E-state index in [0.717, 1.165) is 0 Å². The van der Waals surface area contributed by atoms with E-state index >= 15 is 0 Å². The van der Waals surface area contributed by atoms with Crippen LogP contribution in [0.4, 0.5) is 11.4 Å². The molecule has 1 amide bonds. The van der Waals surface area contributed by atoms with Crippen LogP contribution in [0.2, 0.25) is 0 Å². The molecule has 0 aromatic carbocycles. The number of hydrogen-bond acceptors (Lipinski definition) is 4. The van der Waals surface area contributed by atoms with Crippen molar-refractivity contribution in [3.05, 3.63) is 48.5 Å². The number of aromatic nitrogens is 3. The molecule has 0 radical (unpaired) electrons. The van der Waals surface area contributed by atoms with Gasteiger partial charge in [-0.3, -0.25) is 14.8 Å². The number of nitrogens with zero attached hydrogens (tertiary/aromatic N) is 2. The van der Waals surface area contributed by atoms with Gasteiger partial charge in [-0.25, -0.2) is 0 Å². The Morgan fingerprint density at radius 3 is 2.95 bits per heavy atom. The summed E-state index contributed by atoms with van der Waals surface area (Å²) in [6, 6.07) is 6.86. The average molecular weight is 253 g/mol. The van der Waals surface area contributed by atoms with Crippen molar-refractivity contribution in [1.29, 1.82) is 0 Å². The Balaban J connectivity index is 1.92. The zero-order valence-corrected chi connectivity index (χ0v) is 9.92. The van der Waals surface area contributed by atoms with Gasteiger partial charge in [0.2, 0.25) is 0 Å². The number of aromatic amines is 1. The molecule has 6 heteroatoms. The first-order valence-corrected chi connectivity index (χ1v) is 5.68. The van der Waals surface area contributed by atoms with Gasteiger partial charge in [-0.05, 0) is 24.3 Å². The number of H-pyrrole nitrogens is 1. The summed E-state index contributed by atoms with van der Waals surface area (Å²) in [6.07, 6.45) is 4.82. The van der Waals surface area contributed by atoms with Gasteiger partial charge >= 0.3 is 0 Å². The lowest BCUT2D eigenvalue weighted by Crippen LogP contribution is -2.12. The van der Waals surface area contributed by atoms with Crippen molar-refractivity contribution in [2.75, 3.05) is 11.1 Å². The molecule has 0 aliphatic carbocycles. The van der Waals surface area contributed by atoms with Crippen molar-refractivity contribution >= 4 is 28.3 Å². The van der Waals surface area contributed by atoms with E-state index in [1.54, 1.807) is 42.9 Å². The van der Waals surface area contributed by atoms with Gasteiger partial charge in [0.25, 0.3) is 5.91 Å². The number of pyridine rings is 2. The lowest BCUT2D eigenvalue weighted by Gasteiger charge is -2.01. The van der Waals surface area contributed by atoms with E-state index in [2.05, 4.69) is 20.3 Å². The number of fused-ring (bicyclic) bond motifs is 1. The molecule has 3 heterocycles. The molecule has 3 aromatic heterocycles. The predicted octanol–water partition coefficient (Wildman–Crippen LogP) is 1.79. The normalized spacial score (nSPS) is 10.5. The Bertz CT molecular complexity index is 735. The van der Waals surface area contributed by atoms with Gasteiger partial charge in [-0.15, -0.1) is 0 Å². The molecule has 0 bridgehead atoms. The number of amides is 1. The highest BCUT2D eigenvalue weighted by Crippen LogP contribution is 2.19. The lowest BCUT2D eigenvalue weighted by atomic mass is 10.3. The van der Waals surface area contributed by atoms with E-state index in [1.165, 1.54) is 0 Å². The van der Waals surface area contributed by atoms with Crippen molar-refractivity contribution < 1.29 is 4.79 Å². The third-order valence-corrected chi connectivity index (χ3v) is 2.72. The standard InChI is InChI=1S/C13H11N5O/c14-9-3-5-16-10-6-11(18-12(9)10)13(19)17-8-2-1-4-15-7-8/h1-7,18H,(H2,14,16)(H,17,19). The topological polar surface area (TPSA) is 96.7 Å². The zero-order chi connectivity index (χ0) is 13.2. The summed E-state index contributed by atoms with van der Waals surface area (Å²) in [5.41, 5.74) is 8.74. The van der Waals surface area contributed by atoms with Gasteiger partial charge in [0, 0.05) is 12.4 Å². The summed E-state index contributed by atoms with van der Waals surface area (Å²) in [6.45, 7) is 0. The first kappa shape index (κ1) is 11.2. The molecule has 0 aliphatic rings. The molecular formula is C13H11N5O. The molecule has 3 rings (SSSR count). The molecule has 0 aliphatic heterocycles. The summed E-state index contributed by atoms with van der Waals surface area (Å²) < 4.78 is 0. The smallest absolute Gasteiger partial charge is 0.272 e. The van der Waals surface area contributed by atoms with E-state index < -0.39 is 0 Å². The highest BCUT2D eigenvalue weighted by atomic mass is 16.1. The van der Waals surface area contributed by atoms with Crippen molar-refractivity contribution in [1.82, 2.24) is 15.0 Å². The van der Waals surface area contributed by atoms with Gasteiger partial charge in [0.05, 0.1) is 28.6 Å². The summed E-state index contributed by atoms with van der Waals surface area (Å²) in [5.74, 6) is -0.259. The average Bonchev–Trinajstić information content (AvgIpc) is 2.85. The van der Waals surface area contributed by atoms with Crippen molar-refractivity contribution in [2.45, 2.75) is 0 Å². The first-order valence-electron chi connectivity index (χ1n) is 5.68. The summed E-state index contributed by atoms with van der Waals surface area (Å²) in [5, 5.41) is 2.74. The van der Waals surface area contributed by atoms with Crippen molar-refractivity contribution in [2.24, 2.45) is 0 Å². The highest BCUT2D eigenvalue weighted by Gasteiger charge is 2.11. The molecule has 0 spiro atoms. The molecule has 0 atom stereocenters. The highest BCUT2D eigenvalue weighted by molar-refractivity contribution is 6.06. The minimum atomic E-state index is -0.259. The van der Waals surface area contributed by atoms with E-state index in [1.807, 2.05) is 0 Å². The minimum Gasteiger partial charge on any atom is -0.397 e. The maximum atomic E-state index is 12.1. The second-order valence-electron chi connectivity index (χ2n) is 4.04. The van der Waals surface area contributed by atoms with Crippen LogP contribution in [-0.4, -0.2) is 20.9 Å². The number of rotatable bonds is 2. The van der Waals surface area contributed by atoms with Gasteiger partial charge in [0.15, 0.2) is 0 Å². The van der Waals surface area contributed by atoms with Crippen LogP contribution < -0.4 is 11.1 Å². The fraction of sp³-hybridized carbons (Fsp3) is 0. The van der Waals surface area contributed by atoms with E-state index in [-0.39, 0.29) is 5.91 Å². The van der Waals surface area contributed by atoms with Gasteiger partial charge in [-0.1, -0.05) is 0 Å². The van der Waals surface area contributed by atoms with Crippen LogP contribution in [0.15, 0.2) is 42.9 Å². The molecular weight excluding hydrogens is 242 g/mol. The summed E-state index contributed by atoms with van der Waals surface area (Å²) >= 11 is 0. The molecule has 0 fully saturated rings. The number of carbonyl (C=O) groups excluding carboxylic acids is 1. The third-order valence-electron chi connectivity index (χ3n) is 2.72. The Morgan fingerprint density at radius 1 is 1.32 bits per heavy atom. The fourth-order valence-electron chi connectivity index (χ4n) is 1.80. The van der Waals surface area contributed by atoms with Crippen LogP contribution in [0, 0.1) is 0 Å².